The van der Waals surface area contributed by atoms with Gasteiger partial charge in [-0.15, -0.1) is 0 Å². The maximum Gasteiger partial charge on any atom is 0.124 e. The Kier molecular flexibility index (Phi) is 4.83. The van der Waals surface area contributed by atoms with E-state index in [1.165, 1.54) is 0 Å². The van der Waals surface area contributed by atoms with Crippen molar-refractivity contribution >= 4 is 23.3 Å². The number of hydrogen-bond acceptors (Lipinski definition) is 4. The number of carbonyl (C=O) groups excluding carboxylic acids is 1. The van der Waals surface area contributed by atoms with Crippen LogP contribution < -0.4 is 11.1 Å². The van der Waals surface area contributed by atoms with Crippen molar-refractivity contribution in [2.24, 2.45) is 0 Å². The van der Waals surface area contributed by atoms with Crippen LogP contribution in [-0.4, -0.2) is 17.0 Å². The number of benzene rings is 2. The van der Waals surface area contributed by atoms with Gasteiger partial charge in [-0.3, -0.25) is 0 Å². The largest absolute Gasteiger partial charge is 0.397 e. The average molecular weight is 298 g/mol. The molecule has 116 valence electrons. The number of carbonyl (C=O) groups is 1. The fourth-order valence-electron chi connectivity index (χ4n) is 2.31. The molecular weight excluding hydrogens is 276 g/mol. The van der Waals surface area contributed by atoms with Gasteiger partial charge in [-0.2, -0.15) is 0 Å². The standard InChI is InChI=1S/C18H22N2O2/c1-18(2,22)12-14-3-6-15(7-4-14)20-17-8-5-13(9-10-21)11-16(17)19/h3-8,10-11,20,22H,9,12,19H2,1-2H3. The zero-order valence-electron chi connectivity index (χ0n) is 13.0. The Morgan fingerprint density at radius 1 is 1.14 bits per heavy atom. The van der Waals surface area contributed by atoms with Crippen LogP contribution in [0, 0.1) is 0 Å². The summed E-state index contributed by atoms with van der Waals surface area (Å²) in [5.41, 5.74) is 9.61. The molecule has 0 amide bonds. The lowest BCUT2D eigenvalue weighted by molar-refractivity contribution is -0.107. The summed E-state index contributed by atoms with van der Waals surface area (Å²) in [7, 11) is 0. The second kappa shape index (κ2) is 6.62. The molecule has 2 aromatic rings. The molecule has 0 heterocycles. The molecule has 0 fully saturated rings. The molecule has 0 aliphatic carbocycles. The minimum absolute atomic E-state index is 0.371. The SMILES string of the molecule is CC(C)(O)Cc1ccc(Nc2ccc(CC=O)cc2N)cc1. The molecule has 2 aromatic carbocycles. The number of nitrogen functional groups attached to an aromatic ring is 1. The Balaban J connectivity index is 2.09. The van der Waals surface area contributed by atoms with Crippen molar-refractivity contribution < 1.29 is 9.90 Å². The third-order valence-corrected chi connectivity index (χ3v) is 3.30. The van der Waals surface area contributed by atoms with Gasteiger partial charge >= 0.3 is 0 Å². The molecule has 0 unspecified atom stereocenters. The minimum Gasteiger partial charge on any atom is -0.397 e. The molecule has 0 atom stereocenters. The Bertz CT molecular complexity index is 643. The van der Waals surface area contributed by atoms with E-state index in [2.05, 4.69) is 5.32 Å². The average Bonchev–Trinajstić information content (AvgIpc) is 2.42. The monoisotopic (exact) mass is 298 g/mol. The molecule has 0 aliphatic heterocycles. The van der Waals surface area contributed by atoms with Gasteiger partial charge in [0.05, 0.1) is 17.0 Å². The summed E-state index contributed by atoms with van der Waals surface area (Å²) in [6.07, 6.45) is 1.84. The maximum absolute atomic E-state index is 10.5. The second-order valence-electron chi connectivity index (χ2n) is 6.10. The first kappa shape index (κ1) is 16.0. The number of nitrogens with two attached hydrogens (primary N) is 1. The first-order chi connectivity index (χ1) is 10.4. The van der Waals surface area contributed by atoms with Crippen molar-refractivity contribution in [2.75, 3.05) is 11.1 Å². The van der Waals surface area contributed by atoms with Gasteiger partial charge in [0.15, 0.2) is 0 Å². The molecule has 0 bridgehead atoms. The topological polar surface area (TPSA) is 75.3 Å². The van der Waals surface area contributed by atoms with Crippen molar-refractivity contribution in [3.8, 4) is 0 Å². The van der Waals surface area contributed by atoms with Crippen LogP contribution in [0.4, 0.5) is 17.1 Å². The van der Waals surface area contributed by atoms with Crippen LogP contribution in [0.2, 0.25) is 0 Å². The van der Waals surface area contributed by atoms with Gasteiger partial charge < -0.3 is 21.0 Å². The molecule has 0 saturated carbocycles. The Hall–Kier alpha value is -2.33. The van der Waals surface area contributed by atoms with Crippen molar-refractivity contribution in [3.63, 3.8) is 0 Å². The summed E-state index contributed by atoms with van der Waals surface area (Å²) in [6, 6.07) is 13.4. The van der Waals surface area contributed by atoms with Gasteiger partial charge in [0.1, 0.15) is 6.29 Å². The van der Waals surface area contributed by atoms with Crippen LogP contribution in [0.3, 0.4) is 0 Å². The third kappa shape index (κ3) is 4.60. The lowest BCUT2D eigenvalue weighted by Gasteiger charge is -2.17. The van der Waals surface area contributed by atoms with Gasteiger partial charge in [-0.25, -0.2) is 0 Å². The van der Waals surface area contributed by atoms with E-state index in [0.29, 0.717) is 18.5 Å². The molecule has 22 heavy (non-hydrogen) atoms. The molecule has 4 nitrogen and oxygen atoms in total. The number of rotatable bonds is 6. The minimum atomic E-state index is -0.714. The van der Waals surface area contributed by atoms with E-state index in [4.69, 9.17) is 5.73 Å². The molecule has 4 heteroatoms. The van der Waals surface area contributed by atoms with E-state index >= 15 is 0 Å². The first-order valence-corrected chi connectivity index (χ1v) is 7.28. The second-order valence-corrected chi connectivity index (χ2v) is 6.10. The number of anilines is 3. The molecule has 0 aliphatic rings. The first-order valence-electron chi connectivity index (χ1n) is 7.28. The van der Waals surface area contributed by atoms with Crippen LogP contribution >= 0.6 is 0 Å². The summed E-state index contributed by atoms with van der Waals surface area (Å²) in [5, 5.41) is 13.1. The van der Waals surface area contributed by atoms with E-state index in [1.807, 2.05) is 36.4 Å². The molecule has 0 saturated heterocycles. The summed E-state index contributed by atoms with van der Waals surface area (Å²) < 4.78 is 0. The maximum atomic E-state index is 10.5. The van der Waals surface area contributed by atoms with Gasteiger partial charge in [-0.1, -0.05) is 18.2 Å². The zero-order chi connectivity index (χ0) is 16.2. The smallest absolute Gasteiger partial charge is 0.124 e. The number of aldehydes is 1. The highest BCUT2D eigenvalue weighted by Gasteiger charge is 2.13. The van der Waals surface area contributed by atoms with E-state index in [9.17, 15) is 9.90 Å². The van der Waals surface area contributed by atoms with E-state index in [-0.39, 0.29) is 0 Å². The van der Waals surface area contributed by atoms with E-state index in [1.54, 1.807) is 19.9 Å². The Morgan fingerprint density at radius 2 is 1.77 bits per heavy atom. The number of hydrogen-bond donors (Lipinski definition) is 3. The Labute approximate surface area is 131 Å². The lowest BCUT2D eigenvalue weighted by Crippen LogP contribution is -2.21. The summed E-state index contributed by atoms with van der Waals surface area (Å²) in [5.74, 6) is 0. The zero-order valence-corrected chi connectivity index (χ0v) is 13.0. The predicted octanol–water partition coefficient (Wildman–Crippen LogP) is 3.07. The fourth-order valence-corrected chi connectivity index (χ4v) is 2.31. The highest BCUT2D eigenvalue weighted by Crippen LogP contribution is 2.25. The summed E-state index contributed by atoms with van der Waals surface area (Å²) in [4.78, 5) is 10.5. The van der Waals surface area contributed by atoms with Crippen LogP contribution in [0.5, 0.6) is 0 Å². The van der Waals surface area contributed by atoms with E-state index < -0.39 is 5.60 Å². The Morgan fingerprint density at radius 3 is 2.32 bits per heavy atom. The third-order valence-electron chi connectivity index (χ3n) is 3.30. The number of aliphatic hydroxyl groups is 1. The molecule has 0 radical (unpaired) electrons. The van der Waals surface area contributed by atoms with E-state index in [0.717, 1.165) is 28.8 Å². The summed E-state index contributed by atoms with van der Waals surface area (Å²) >= 11 is 0. The highest BCUT2D eigenvalue weighted by molar-refractivity contribution is 5.74. The van der Waals surface area contributed by atoms with Crippen molar-refractivity contribution in [3.05, 3.63) is 53.6 Å². The van der Waals surface area contributed by atoms with Gasteiger partial charge in [0, 0.05) is 18.5 Å². The molecule has 2 rings (SSSR count). The quantitative estimate of drug-likeness (QED) is 0.566. The lowest BCUT2D eigenvalue weighted by atomic mass is 9.99. The van der Waals surface area contributed by atoms with Gasteiger partial charge in [0.25, 0.3) is 0 Å². The van der Waals surface area contributed by atoms with Crippen molar-refractivity contribution in [2.45, 2.75) is 32.3 Å². The summed E-state index contributed by atoms with van der Waals surface area (Å²) in [6.45, 7) is 3.58. The molecule has 0 aromatic heterocycles. The molecular formula is C18H22N2O2. The van der Waals surface area contributed by atoms with Crippen molar-refractivity contribution in [1.29, 1.82) is 0 Å². The highest BCUT2D eigenvalue weighted by atomic mass is 16.3. The normalized spacial score (nSPS) is 11.2. The van der Waals surface area contributed by atoms with Crippen LogP contribution in [0.1, 0.15) is 25.0 Å². The van der Waals surface area contributed by atoms with Gasteiger partial charge in [-0.05, 0) is 49.2 Å². The molecule has 4 N–H and O–H groups in total. The predicted molar refractivity (Wildman–Crippen MR) is 90.3 cm³/mol. The number of nitrogens with one attached hydrogen (secondary N) is 1. The molecule has 0 spiro atoms. The van der Waals surface area contributed by atoms with Crippen LogP contribution in [0.15, 0.2) is 42.5 Å². The van der Waals surface area contributed by atoms with Crippen LogP contribution in [-0.2, 0) is 17.6 Å². The van der Waals surface area contributed by atoms with Crippen LogP contribution in [0.25, 0.3) is 0 Å². The van der Waals surface area contributed by atoms with Crippen molar-refractivity contribution in [1.82, 2.24) is 0 Å². The van der Waals surface area contributed by atoms with Gasteiger partial charge in [0.2, 0.25) is 0 Å². The fraction of sp³-hybridized carbons (Fsp3) is 0.278.